The summed E-state index contributed by atoms with van der Waals surface area (Å²) in [6.45, 7) is 1.96. The van der Waals surface area contributed by atoms with Crippen LogP contribution in [0.3, 0.4) is 0 Å². The number of pyridine rings is 1. The lowest BCUT2D eigenvalue weighted by atomic mass is 10.1. The molecule has 0 saturated carbocycles. The number of hydrogen-bond donors (Lipinski definition) is 1. The summed E-state index contributed by atoms with van der Waals surface area (Å²) >= 11 is 0. The van der Waals surface area contributed by atoms with Crippen molar-refractivity contribution < 1.29 is 23.8 Å². The quantitative estimate of drug-likeness (QED) is 0.777. The number of furan rings is 1. The van der Waals surface area contributed by atoms with Gasteiger partial charge >= 0.3 is 5.97 Å². The van der Waals surface area contributed by atoms with Crippen LogP contribution in [0, 0.1) is 6.92 Å². The minimum Gasteiger partial charge on any atom is -0.489 e. The fourth-order valence-corrected chi connectivity index (χ4v) is 2.37. The molecule has 0 radical (unpaired) electrons. The molecule has 2 aromatic heterocycles. The van der Waals surface area contributed by atoms with E-state index in [0.29, 0.717) is 35.0 Å². The lowest BCUT2D eigenvalue weighted by Gasteiger charge is -2.07. The van der Waals surface area contributed by atoms with Crippen LogP contribution in [0.2, 0.25) is 0 Å². The summed E-state index contributed by atoms with van der Waals surface area (Å²) in [5.41, 5.74) is 1.59. The third-order valence-electron chi connectivity index (χ3n) is 3.46. The van der Waals surface area contributed by atoms with Crippen LogP contribution in [0.15, 0.2) is 40.9 Å². The van der Waals surface area contributed by atoms with Gasteiger partial charge in [0.05, 0.1) is 7.11 Å². The van der Waals surface area contributed by atoms with E-state index < -0.39 is 5.97 Å². The molecule has 0 saturated heterocycles. The van der Waals surface area contributed by atoms with Crippen molar-refractivity contribution in [1.82, 2.24) is 4.98 Å². The molecule has 0 aliphatic heterocycles. The van der Waals surface area contributed by atoms with Crippen molar-refractivity contribution in [2.24, 2.45) is 0 Å². The van der Waals surface area contributed by atoms with E-state index in [1.807, 2.05) is 6.07 Å². The molecule has 2 heterocycles. The molecule has 1 N–H and O–H groups in total. The minimum absolute atomic E-state index is 0.163. The molecule has 23 heavy (non-hydrogen) atoms. The molecule has 3 aromatic rings. The number of carbonyl (C=O) groups is 1. The monoisotopic (exact) mass is 313 g/mol. The Balaban J connectivity index is 1.85. The largest absolute Gasteiger partial charge is 0.489 e. The predicted octanol–water partition coefficient (Wildman–Crippen LogP) is 3.42. The number of aryl methyl sites for hydroxylation is 1. The first kappa shape index (κ1) is 14.9. The van der Waals surface area contributed by atoms with Gasteiger partial charge in [0.15, 0.2) is 0 Å². The van der Waals surface area contributed by atoms with E-state index >= 15 is 0 Å². The minimum atomic E-state index is -1.02. The van der Waals surface area contributed by atoms with Gasteiger partial charge in [-0.3, -0.25) is 0 Å². The number of fused-ring (bicyclic) bond motifs is 1. The molecule has 3 rings (SSSR count). The second-order valence-corrected chi connectivity index (χ2v) is 4.99. The first-order valence-corrected chi connectivity index (χ1v) is 6.96. The SMILES string of the molecule is COc1cc(COc2ccc3oc(C)c(C(=O)O)c3c2)ccn1. The highest BCUT2D eigenvalue weighted by molar-refractivity contribution is 6.03. The highest BCUT2D eigenvalue weighted by atomic mass is 16.5. The Morgan fingerprint density at radius 2 is 2.13 bits per heavy atom. The highest BCUT2D eigenvalue weighted by Crippen LogP contribution is 2.29. The van der Waals surface area contributed by atoms with E-state index in [9.17, 15) is 9.90 Å². The number of aromatic nitrogens is 1. The number of rotatable bonds is 5. The van der Waals surface area contributed by atoms with E-state index in [4.69, 9.17) is 13.9 Å². The summed E-state index contributed by atoms with van der Waals surface area (Å²) in [4.78, 5) is 15.4. The van der Waals surface area contributed by atoms with Crippen molar-refractivity contribution in [2.45, 2.75) is 13.5 Å². The normalized spacial score (nSPS) is 10.7. The van der Waals surface area contributed by atoms with Gasteiger partial charge in [-0.1, -0.05) is 0 Å². The molecule has 1 aromatic carbocycles. The Morgan fingerprint density at radius 1 is 1.30 bits per heavy atom. The van der Waals surface area contributed by atoms with Gasteiger partial charge in [-0.15, -0.1) is 0 Å². The van der Waals surface area contributed by atoms with E-state index in [1.165, 1.54) is 0 Å². The maximum atomic E-state index is 11.3. The molecule has 6 heteroatoms. The molecule has 6 nitrogen and oxygen atoms in total. The topological polar surface area (TPSA) is 81.8 Å². The summed E-state index contributed by atoms with van der Waals surface area (Å²) in [6.07, 6.45) is 1.64. The zero-order chi connectivity index (χ0) is 16.4. The molecule has 0 bridgehead atoms. The molecule has 0 atom stereocenters. The second-order valence-electron chi connectivity index (χ2n) is 4.99. The Morgan fingerprint density at radius 3 is 2.87 bits per heavy atom. The number of hydrogen-bond acceptors (Lipinski definition) is 5. The van der Waals surface area contributed by atoms with Gasteiger partial charge in [0.25, 0.3) is 0 Å². The summed E-state index contributed by atoms with van der Waals surface area (Å²) in [6, 6.07) is 8.73. The molecule has 0 unspecified atom stereocenters. The van der Waals surface area contributed by atoms with Crippen molar-refractivity contribution >= 4 is 16.9 Å². The molecule has 0 aliphatic carbocycles. The smallest absolute Gasteiger partial charge is 0.339 e. The summed E-state index contributed by atoms with van der Waals surface area (Å²) in [5.74, 6) is 0.442. The third-order valence-corrected chi connectivity index (χ3v) is 3.46. The van der Waals surface area contributed by atoms with Crippen molar-refractivity contribution in [3.8, 4) is 11.6 Å². The number of carboxylic acid groups (broad SMARTS) is 1. The molecular formula is C17H15NO5. The molecule has 0 spiro atoms. The summed E-state index contributed by atoms with van der Waals surface area (Å²) in [7, 11) is 1.55. The first-order chi connectivity index (χ1) is 11.1. The lowest BCUT2D eigenvalue weighted by Crippen LogP contribution is -1.98. The number of carboxylic acids is 1. The zero-order valence-corrected chi connectivity index (χ0v) is 12.7. The van der Waals surface area contributed by atoms with Crippen LogP contribution in [0.25, 0.3) is 11.0 Å². The van der Waals surface area contributed by atoms with Crippen molar-refractivity contribution in [3.05, 3.63) is 53.4 Å². The van der Waals surface area contributed by atoms with Gasteiger partial charge in [0, 0.05) is 17.6 Å². The van der Waals surface area contributed by atoms with Gasteiger partial charge in [-0.05, 0) is 36.8 Å². The van der Waals surface area contributed by atoms with Crippen LogP contribution in [0.4, 0.5) is 0 Å². The number of methoxy groups -OCH3 is 1. The van der Waals surface area contributed by atoms with E-state index in [2.05, 4.69) is 4.98 Å². The van der Waals surface area contributed by atoms with Crippen LogP contribution < -0.4 is 9.47 Å². The van der Waals surface area contributed by atoms with Crippen molar-refractivity contribution in [3.63, 3.8) is 0 Å². The molecular weight excluding hydrogens is 298 g/mol. The maximum Gasteiger partial charge on any atom is 0.339 e. The fourth-order valence-electron chi connectivity index (χ4n) is 2.37. The Hall–Kier alpha value is -3.02. The van der Waals surface area contributed by atoms with Crippen LogP contribution in [-0.4, -0.2) is 23.2 Å². The number of ether oxygens (including phenoxy) is 2. The van der Waals surface area contributed by atoms with Crippen molar-refractivity contribution in [1.29, 1.82) is 0 Å². The lowest BCUT2D eigenvalue weighted by molar-refractivity contribution is 0.0697. The van der Waals surface area contributed by atoms with Gasteiger partial charge < -0.3 is 19.0 Å². The summed E-state index contributed by atoms with van der Waals surface area (Å²) in [5, 5.41) is 9.81. The molecule has 0 aliphatic rings. The Bertz CT molecular complexity index is 869. The molecule has 0 fully saturated rings. The van der Waals surface area contributed by atoms with Gasteiger partial charge in [-0.25, -0.2) is 9.78 Å². The van der Waals surface area contributed by atoms with E-state index in [-0.39, 0.29) is 5.56 Å². The summed E-state index contributed by atoms with van der Waals surface area (Å²) < 4.78 is 16.2. The van der Waals surface area contributed by atoms with Gasteiger partial charge in [0.2, 0.25) is 5.88 Å². The highest BCUT2D eigenvalue weighted by Gasteiger charge is 2.17. The standard InChI is InChI=1S/C17H15NO5/c1-10-16(17(19)20)13-8-12(3-4-14(13)23-10)22-9-11-5-6-18-15(7-11)21-2/h3-8H,9H2,1-2H3,(H,19,20). The molecule has 0 amide bonds. The zero-order valence-electron chi connectivity index (χ0n) is 12.7. The Kier molecular flexibility index (Phi) is 3.89. The van der Waals surface area contributed by atoms with Crippen LogP contribution >= 0.6 is 0 Å². The maximum absolute atomic E-state index is 11.3. The predicted molar refractivity (Wildman–Crippen MR) is 83.0 cm³/mol. The average Bonchev–Trinajstić information content (AvgIpc) is 2.88. The number of nitrogens with zero attached hydrogens (tertiary/aromatic N) is 1. The van der Waals surface area contributed by atoms with Crippen LogP contribution in [0.5, 0.6) is 11.6 Å². The average molecular weight is 313 g/mol. The van der Waals surface area contributed by atoms with Crippen molar-refractivity contribution in [2.75, 3.05) is 7.11 Å². The molecule has 118 valence electrons. The van der Waals surface area contributed by atoms with Crippen LogP contribution in [-0.2, 0) is 6.61 Å². The van der Waals surface area contributed by atoms with Gasteiger partial charge in [-0.2, -0.15) is 0 Å². The number of benzene rings is 1. The second kappa shape index (κ2) is 6.00. The fraction of sp³-hybridized carbons (Fsp3) is 0.176. The third kappa shape index (κ3) is 2.96. The van der Waals surface area contributed by atoms with Crippen LogP contribution in [0.1, 0.15) is 21.7 Å². The first-order valence-electron chi connectivity index (χ1n) is 6.96. The number of aromatic carboxylic acids is 1. The Labute approximate surface area is 132 Å². The van der Waals surface area contributed by atoms with Gasteiger partial charge in [0.1, 0.15) is 29.3 Å². The van der Waals surface area contributed by atoms with E-state index in [1.54, 1.807) is 44.5 Å². The van der Waals surface area contributed by atoms with E-state index in [0.717, 1.165) is 5.56 Å².